The summed E-state index contributed by atoms with van der Waals surface area (Å²) in [6, 6.07) is 10.8. The summed E-state index contributed by atoms with van der Waals surface area (Å²) in [6.07, 6.45) is 0. The summed E-state index contributed by atoms with van der Waals surface area (Å²) in [5.41, 5.74) is 8.02. The number of amides is 1. The fraction of sp³-hybridized carbons (Fsp3) is 0.333. The monoisotopic (exact) mass is 328 g/mol. The first-order chi connectivity index (χ1) is 11.5. The Morgan fingerprint density at radius 2 is 2.08 bits per heavy atom. The van der Waals surface area contributed by atoms with Crippen LogP contribution in [0.2, 0.25) is 0 Å². The second-order valence-corrected chi connectivity index (χ2v) is 5.85. The number of benzene rings is 1. The summed E-state index contributed by atoms with van der Waals surface area (Å²) in [6.45, 7) is 3.70. The van der Waals surface area contributed by atoms with Crippen molar-refractivity contribution in [3.05, 3.63) is 53.2 Å². The third-order valence-corrected chi connectivity index (χ3v) is 3.39. The lowest BCUT2D eigenvalue weighted by Gasteiger charge is -2.11. The van der Waals surface area contributed by atoms with Gasteiger partial charge in [-0.3, -0.25) is 4.79 Å². The van der Waals surface area contributed by atoms with E-state index in [-0.39, 0.29) is 5.91 Å². The quantitative estimate of drug-likeness (QED) is 0.812. The first-order valence-corrected chi connectivity index (χ1v) is 7.86. The van der Waals surface area contributed by atoms with Crippen molar-refractivity contribution in [2.75, 3.05) is 27.2 Å². The van der Waals surface area contributed by atoms with E-state index in [9.17, 15) is 4.79 Å². The predicted octanol–water partition coefficient (Wildman–Crippen LogP) is 1.93. The van der Waals surface area contributed by atoms with Gasteiger partial charge < -0.3 is 20.7 Å². The van der Waals surface area contributed by atoms with Crippen LogP contribution in [-0.2, 0) is 6.54 Å². The molecule has 0 aliphatic rings. The number of hydrogen-bond donors (Lipinski definition) is 2. The summed E-state index contributed by atoms with van der Waals surface area (Å²) in [5.74, 6) is 0.916. The van der Waals surface area contributed by atoms with Crippen molar-refractivity contribution >= 4 is 5.91 Å². The zero-order valence-corrected chi connectivity index (χ0v) is 14.4. The number of likely N-dealkylation sites (N-methyl/N-ethyl adjacent to an activating group) is 1. The van der Waals surface area contributed by atoms with Crippen LogP contribution in [0.4, 0.5) is 0 Å². The molecular weight excluding hydrogens is 304 g/mol. The van der Waals surface area contributed by atoms with E-state index < -0.39 is 0 Å². The average molecular weight is 328 g/mol. The van der Waals surface area contributed by atoms with Crippen molar-refractivity contribution in [3.8, 4) is 11.6 Å². The molecule has 2 aromatic rings. The highest BCUT2D eigenvalue weighted by atomic mass is 16.5. The lowest BCUT2D eigenvalue weighted by Crippen LogP contribution is -2.31. The minimum atomic E-state index is -0.123. The van der Waals surface area contributed by atoms with Gasteiger partial charge >= 0.3 is 0 Å². The molecule has 0 fully saturated rings. The van der Waals surface area contributed by atoms with Crippen LogP contribution >= 0.6 is 0 Å². The van der Waals surface area contributed by atoms with Gasteiger partial charge in [-0.15, -0.1) is 0 Å². The summed E-state index contributed by atoms with van der Waals surface area (Å²) in [5, 5.41) is 2.88. The Labute approximate surface area is 142 Å². The Bertz CT molecular complexity index is 701. The van der Waals surface area contributed by atoms with Gasteiger partial charge in [-0.1, -0.05) is 6.07 Å². The molecule has 0 saturated heterocycles. The molecule has 24 heavy (non-hydrogen) atoms. The summed E-state index contributed by atoms with van der Waals surface area (Å²) < 4.78 is 5.78. The maximum atomic E-state index is 12.2. The molecule has 6 heteroatoms. The smallest absolute Gasteiger partial charge is 0.251 e. The normalized spacial score (nSPS) is 10.7. The summed E-state index contributed by atoms with van der Waals surface area (Å²) in [4.78, 5) is 18.5. The highest BCUT2D eigenvalue weighted by Gasteiger charge is 2.08. The van der Waals surface area contributed by atoms with Crippen LogP contribution in [0.15, 0.2) is 36.4 Å². The molecule has 128 valence electrons. The standard InChI is InChI=1S/C18H24N4O2/c1-13-9-14(12-19)10-17(21-13)24-16-6-4-5-15(11-16)18(23)20-7-8-22(2)3/h4-6,9-11H,7-8,12,19H2,1-3H3,(H,20,23). The number of nitrogens with one attached hydrogen (secondary N) is 1. The molecule has 0 radical (unpaired) electrons. The average Bonchev–Trinajstić information content (AvgIpc) is 2.54. The van der Waals surface area contributed by atoms with Crippen molar-refractivity contribution in [3.63, 3.8) is 0 Å². The van der Waals surface area contributed by atoms with Crippen molar-refractivity contribution in [2.45, 2.75) is 13.5 Å². The zero-order valence-electron chi connectivity index (χ0n) is 14.4. The van der Waals surface area contributed by atoms with Gasteiger partial charge in [0, 0.05) is 37.0 Å². The number of rotatable bonds is 7. The van der Waals surface area contributed by atoms with E-state index in [1.165, 1.54) is 0 Å². The molecule has 0 saturated carbocycles. The van der Waals surface area contributed by atoms with Crippen LogP contribution in [-0.4, -0.2) is 43.0 Å². The molecule has 0 unspecified atom stereocenters. The molecule has 0 aliphatic heterocycles. The number of pyridine rings is 1. The van der Waals surface area contributed by atoms with Crippen molar-refractivity contribution in [2.24, 2.45) is 5.73 Å². The minimum absolute atomic E-state index is 0.123. The highest BCUT2D eigenvalue weighted by molar-refractivity contribution is 5.94. The summed E-state index contributed by atoms with van der Waals surface area (Å²) in [7, 11) is 3.93. The minimum Gasteiger partial charge on any atom is -0.439 e. The molecule has 2 rings (SSSR count). The largest absolute Gasteiger partial charge is 0.439 e. The molecule has 6 nitrogen and oxygen atoms in total. The van der Waals surface area contributed by atoms with Gasteiger partial charge in [0.2, 0.25) is 5.88 Å². The van der Waals surface area contributed by atoms with E-state index in [4.69, 9.17) is 10.5 Å². The third-order valence-electron chi connectivity index (χ3n) is 3.39. The molecule has 0 atom stereocenters. The first kappa shape index (κ1) is 17.9. The molecule has 1 amide bonds. The van der Waals surface area contributed by atoms with Crippen LogP contribution in [0.25, 0.3) is 0 Å². The molecule has 1 aromatic heterocycles. The predicted molar refractivity (Wildman–Crippen MR) is 94.3 cm³/mol. The topological polar surface area (TPSA) is 80.5 Å². The van der Waals surface area contributed by atoms with Crippen molar-refractivity contribution in [1.82, 2.24) is 15.2 Å². The number of aryl methyl sites for hydroxylation is 1. The van der Waals surface area contributed by atoms with Gasteiger partial charge in [0.1, 0.15) is 5.75 Å². The van der Waals surface area contributed by atoms with Gasteiger partial charge in [-0.25, -0.2) is 4.98 Å². The van der Waals surface area contributed by atoms with Crippen LogP contribution in [0.5, 0.6) is 11.6 Å². The zero-order chi connectivity index (χ0) is 17.5. The van der Waals surface area contributed by atoms with Gasteiger partial charge in [0.25, 0.3) is 5.91 Å². The van der Waals surface area contributed by atoms with Crippen LogP contribution < -0.4 is 15.8 Å². The molecule has 0 bridgehead atoms. The lowest BCUT2D eigenvalue weighted by molar-refractivity contribution is 0.0950. The van der Waals surface area contributed by atoms with Crippen LogP contribution in [0, 0.1) is 6.92 Å². The van der Waals surface area contributed by atoms with E-state index in [0.717, 1.165) is 17.8 Å². The number of carbonyl (C=O) groups is 1. The summed E-state index contributed by atoms with van der Waals surface area (Å²) >= 11 is 0. The van der Waals surface area contributed by atoms with Crippen molar-refractivity contribution in [1.29, 1.82) is 0 Å². The Balaban J connectivity index is 2.07. The van der Waals surface area contributed by atoms with E-state index in [1.807, 2.05) is 32.0 Å². The fourth-order valence-corrected chi connectivity index (χ4v) is 2.19. The fourth-order valence-electron chi connectivity index (χ4n) is 2.19. The molecule has 1 heterocycles. The molecule has 0 spiro atoms. The Kier molecular flexibility index (Phi) is 6.28. The molecule has 3 N–H and O–H groups in total. The first-order valence-electron chi connectivity index (χ1n) is 7.86. The van der Waals surface area contributed by atoms with E-state index in [0.29, 0.717) is 30.3 Å². The number of nitrogens with zero attached hydrogens (tertiary/aromatic N) is 2. The van der Waals surface area contributed by atoms with Gasteiger partial charge in [-0.2, -0.15) is 0 Å². The number of carbonyl (C=O) groups excluding carboxylic acids is 1. The highest BCUT2D eigenvalue weighted by Crippen LogP contribution is 2.22. The third kappa shape index (κ3) is 5.33. The second kappa shape index (κ2) is 8.42. The number of aromatic nitrogens is 1. The van der Waals surface area contributed by atoms with Gasteiger partial charge in [-0.05, 0) is 50.8 Å². The molecule has 1 aromatic carbocycles. The SMILES string of the molecule is Cc1cc(CN)cc(Oc2cccc(C(=O)NCCN(C)C)c2)n1. The van der Waals surface area contributed by atoms with Crippen LogP contribution in [0.3, 0.4) is 0 Å². The lowest BCUT2D eigenvalue weighted by atomic mass is 10.2. The Hall–Kier alpha value is -2.44. The molecular formula is C18H24N4O2. The Morgan fingerprint density at radius 1 is 1.29 bits per heavy atom. The Morgan fingerprint density at radius 3 is 2.79 bits per heavy atom. The van der Waals surface area contributed by atoms with Gasteiger partial charge in [0.15, 0.2) is 0 Å². The van der Waals surface area contributed by atoms with Crippen molar-refractivity contribution < 1.29 is 9.53 Å². The number of ether oxygens (including phenoxy) is 1. The van der Waals surface area contributed by atoms with E-state index >= 15 is 0 Å². The second-order valence-electron chi connectivity index (χ2n) is 5.85. The maximum Gasteiger partial charge on any atom is 0.251 e. The molecule has 0 aliphatic carbocycles. The maximum absolute atomic E-state index is 12.2. The van der Waals surface area contributed by atoms with Gasteiger partial charge in [0.05, 0.1) is 0 Å². The van der Waals surface area contributed by atoms with E-state index in [1.54, 1.807) is 30.3 Å². The van der Waals surface area contributed by atoms with Crippen LogP contribution in [0.1, 0.15) is 21.6 Å². The number of hydrogen-bond acceptors (Lipinski definition) is 5. The van der Waals surface area contributed by atoms with E-state index in [2.05, 4.69) is 10.3 Å². The number of nitrogens with two attached hydrogens (primary N) is 1.